The van der Waals surface area contributed by atoms with E-state index < -0.39 is 6.04 Å². The second kappa shape index (κ2) is 5.40. The number of amidine groups is 1. The number of rotatable bonds is 1. The molecule has 0 N–H and O–H groups in total. The lowest BCUT2D eigenvalue weighted by molar-refractivity contribution is -0.539. The van der Waals surface area contributed by atoms with Gasteiger partial charge in [-0.1, -0.05) is 11.1 Å². The molecule has 7 nitrogen and oxygen atoms in total. The number of imide groups is 1. The molecule has 1 aromatic rings. The predicted octanol–water partition coefficient (Wildman–Crippen LogP) is 1.19. The van der Waals surface area contributed by atoms with Gasteiger partial charge >= 0.3 is 12.0 Å². The lowest BCUT2D eigenvalue weighted by Gasteiger charge is -2.32. The van der Waals surface area contributed by atoms with Crippen LogP contribution < -0.4 is 4.90 Å². The summed E-state index contributed by atoms with van der Waals surface area (Å²) in [6, 6.07) is 5.50. The maximum atomic E-state index is 12.7. The van der Waals surface area contributed by atoms with Gasteiger partial charge in [-0.15, -0.1) is 0 Å². The highest BCUT2D eigenvalue weighted by Gasteiger charge is 2.53. The lowest BCUT2D eigenvalue weighted by Crippen LogP contribution is -2.62. The Morgan fingerprint density at radius 3 is 2.60 bits per heavy atom. The van der Waals surface area contributed by atoms with E-state index in [1.807, 2.05) is 4.58 Å². The molecule has 1 aromatic carbocycles. The van der Waals surface area contributed by atoms with E-state index in [0.29, 0.717) is 5.84 Å². The molecule has 3 amide bonds. The molecule has 0 aliphatic carbocycles. The number of guanidine groups is 1. The molecule has 1 unspecified atom stereocenters. The van der Waals surface area contributed by atoms with E-state index in [4.69, 9.17) is 4.99 Å². The van der Waals surface area contributed by atoms with E-state index in [-0.39, 0.29) is 11.9 Å². The van der Waals surface area contributed by atoms with E-state index in [2.05, 4.69) is 36.9 Å². The van der Waals surface area contributed by atoms with Crippen LogP contribution in [0.25, 0.3) is 0 Å². The SMILES string of the molecule is Cc1ccc(N2CCC[N+]3=C2N=C2C3C(=O)N(C)C(=O)N2C)cc1C. The summed E-state index contributed by atoms with van der Waals surface area (Å²) >= 11 is 0. The number of benzene rings is 1. The minimum Gasteiger partial charge on any atom is -0.270 e. The Hall–Kier alpha value is -2.70. The quantitative estimate of drug-likeness (QED) is 0.722. The van der Waals surface area contributed by atoms with Gasteiger partial charge in [-0.3, -0.25) is 14.6 Å². The van der Waals surface area contributed by atoms with Crippen molar-refractivity contribution < 1.29 is 14.2 Å². The molecule has 0 spiro atoms. The number of urea groups is 1. The van der Waals surface area contributed by atoms with Crippen molar-refractivity contribution in [3.05, 3.63) is 29.3 Å². The van der Waals surface area contributed by atoms with Crippen LogP contribution in [0.3, 0.4) is 0 Å². The third-order valence-corrected chi connectivity index (χ3v) is 5.33. The number of carbonyl (C=O) groups is 2. The van der Waals surface area contributed by atoms with Gasteiger partial charge in [0.1, 0.15) is 5.69 Å². The van der Waals surface area contributed by atoms with Crippen LogP contribution in [0.2, 0.25) is 0 Å². The maximum Gasteiger partial charge on any atom is 0.397 e. The van der Waals surface area contributed by atoms with E-state index in [1.54, 1.807) is 7.05 Å². The number of anilines is 1. The number of likely N-dealkylation sites (N-methyl/N-ethyl adjacent to an activating group) is 2. The van der Waals surface area contributed by atoms with Crippen molar-refractivity contribution in [1.29, 1.82) is 0 Å². The summed E-state index contributed by atoms with van der Waals surface area (Å²) in [5.74, 6) is 1.08. The topological polar surface area (TPSA) is 59.2 Å². The Morgan fingerprint density at radius 1 is 1.12 bits per heavy atom. The van der Waals surface area contributed by atoms with Gasteiger partial charge in [0, 0.05) is 20.5 Å². The summed E-state index contributed by atoms with van der Waals surface area (Å²) in [4.78, 5) is 34.4. The number of aliphatic imine (C=N–C) groups is 1. The zero-order valence-electron chi connectivity index (χ0n) is 15.0. The standard InChI is InChI=1S/C18H22N5O2/c1-11-6-7-13(10-12(11)2)22-8-5-9-23-14-15(19-17(22)23)20(3)18(25)21(4)16(14)24/h6-7,10,14H,5,8-9H2,1-4H3/q+1. The van der Waals surface area contributed by atoms with Crippen LogP contribution in [0, 0.1) is 13.8 Å². The fourth-order valence-corrected chi connectivity index (χ4v) is 3.67. The van der Waals surface area contributed by atoms with Crippen LogP contribution in [-0.2, 0) is 4.79 Å². The summed E-state index contributed by atoms with van der Waals surface area (Å²) in [5.41, 5.74) is 3.54. The number of aryl methyl sites for hydroxylation is 2. The molecule has 0 aromatic heterocycles. The summed E-state index contributed by atoms with van der Waals surface area (Å²) in [6.45, 7) is 5.79. The molecule has 0 saturated carbocycles. The van der Waals surface area contributed by atoms with Crippen molar-refractivity contribution in [3.63, 3.8) is 0 Å². The maximum absolute atomic E-state index is 12.7. The monoisotopic (exact) mass is 340 g/mol. The summed E-state index contributed by atoms with van der Waals surface area (Å²) < 4.78 is 2.02. The summed E-state index contributed by atoms with van der Waals surface area (Å²) in [5, 5.41) is 0. The largest absolute Gasteiger partial charge is 0.397 e. The minimum atomic E-state index is -0.503. The predicted molar refractivity (Wildman–Crippen MR) is 95.2 cm³/mol. The smallest absolute Gasteiger partial charge is 0.270 e. The molecule has 130 valence electrons. The number of hydrogen-bond donors (Lipinski definition) is 0. The first-order valence-electron chi connectivity index (χ1n) is 8.52. The zero-order valence-corrected chi connectivity index (χ0v) is 15.0. The lowest BCUT2D eigenvalue weighted by atomic mass is 10.1. The van der Waals surface area contributed by atoms with Gasteiger partial charge in [-0.2, -0.15) is 0 Å². The summed E-state index contributed by atoms with van der Waals surface area (Å²) in [7, 11) is 3.21. The van der Waals surface area contributed by atoms with Crippen LogP contribution in [0.5, 0.6) is 0 Å². The molecular weight excluding hydrogens is 318 g/mol. The van der Waals surface area contributed by atoms with E-state index in [1.165, 1.54) is 28.0 Å². The summed E-state index contributed by atoms with van der Waals surface area (Å²) in [6.07, 6.45) is 0.935. The molecule has 1 atom stereocenters. The Bertz CT molecular complexity index is 857. The third-order valence-electron chi connectivity index (χ3n) is 5.33. The second-order valence-corrected chi connectivity index (χ2v) is 6.88. The van der Waals surface area contributed by atoms with Gasteiger partial charge in [0.2, 0.25) is 11.9 Å². The highest BCUT2D eigenvalue weighted by molar-refractivity contribution is 6.23. The zero-order chi connectivity index (χ0) is 17.9. The van der Waals surface area contributed by atoms with Gasteiger partial charge in [0.25, 0.3) is 5.91 Å². The number of amides is 3. The van der Waals surface area contributed by atoms with Crippen LogP contribution in [0.1, 0.15) is 17.5 Å². The average Bonchev–Trinajstić information content (AvgIpc) is 3.00. The highest BCUT2D eigenvalue weighted by atomic mass is 16.2. The van der Waals surface area contributed by atoms with Gasteiger partial charge in [0.05, 0.1) is 13.1 Å². The molecule has 3 aliphatic rings. The fourth-order valence-electron chi connectivity index (χ4n) is 3.67. The molecule has 3 heterocycles. The number of fused-ring (bicyclic) bond motifs is 2. The van der Waals surface area contributed by atoms with Crippen LogP contribution in [0.15, 0.2) is 23.2 Å². The molecule has 0 bridgehead atoms. The van der Waals surface area contributed by atoms with Crippen molar-refractivity contribution in [2.45, 2.75) is 26.3 Å². The Labute approximate surface area is 146 Å². The first-order valence-corrected chi connectivity index (χ1v) is 8.52. The number of carbonyl (C=O) groups excluding carboxylic acids is 2. The van der Waals surface area contributed by atoms with E-state index >= 15 is 0 Å². The molecule has 7 heteroatoms. The Balaban J connectivity index is 1.80. The average molecular weight is 340 g/mol. The number of hydrogen-bond acceptors (Lipinski definition) is 4. The molecule has 4 rings (SSSR count). The third kappa shape index (κ3) is 2.18. The normalized spacial score (nSPS) is 23.1. The van der Waals surface area contributed by atoms with Crippen molar-refractivity contribution >= 4 is 29.4 Å². The van der Waals surface area contributed by atoms with Crippen molar-refractivity contribution in [3.8, 4) is 0 Å². The number of nitrogens with zero attached hydrogens (tertiary/aromatic N) is 5. The Morgan fingerprint density at radius 2 is 1.88 bits per heavy atom. The van der Waals surface area contributed by atoms with E-state index in [9.17, 15) is 9.59 Å². The fraction of sp³-hybridized carbons (Fsp3) is 0.444. The van der Waals surface area contributed by atoms with Gasteiger partial charge < -0.3 is 0 Å². The first-order chi connectivity index (χ1) is 11.9. The van der Waals surface area contributed by atoms with Crippen LogP contribution in [-0.4, -0.2) is 71.3 Å². The van der Waals surface area contributed by atoms with E-state index in [0.717, 1.165) is 31.2 Å². The minimum absolute atomic E-state index is 0.209. The molecular formula is C18H22N5O2+. The Kier molecular flexibility index (Phi) is 3.42. The van der Waals surface area contributed by atoms with Gasteiger partial charge in [-0.25, -0.2) is 14.3 Å². The van der Waals surface area contributed by atoms with Gasteiger partial charge in [0.15, 0.2) is 0 Å². The first kappa shape index (κ1) is 15.8. The molecule has 1 saturated heterocycles. The highest BCUT2D eigenvalue weighted by Crippen LogP contribution is 2.27. The van der Waals surface area contributed by atoms with Crippen molar-refractivity contribution in [2.24, 2.45) is 4.99 Å². The van der Waals surface area contributed by atoms with Gasteiger partial charge in [-0.05, 0) is 37.1 Å². The molecule has 1 fully saturated rings. The van der Waals surface area contributed by atoms with Crippen molar-refractivity contribution in [1.82, 2.24) is 9.80 Å². The molecule has 25 heavy (non-hydrogen) atoms. The second-order valence-electron chi connectivity index (χ2n) is 6.88. The molecule has 0 radical (unpaired) electrons. The molecule has 3 aliphatic heterocycles. The van der Waals surface area contributed by atoms with Crippen LogP contribution in [0.4, 0.5) is 10.5 Å². The van der Waals surface area contributed by atoms with Crippen LogP contribution >= 0.6 is 0 Å². The van der Waals surface area contributed by atoms with Crippen molar-refractivity contribution in [2.75, 3.05) is 32.1 Å².